The van der Waals surface area contributed by atoms with E-state index in [1.165, 1.54) is 32.1 Å². The first-order valence-corrected chi connectivity index (χ1v) is 6.37. The molecule has 0 N–H and O–H groups in total. The summed E-state index contributed by atoms with van der Waals surface area (Å²) >= 11 is 0. The molecule has 1 saturated carbocycles. The second-order valence-corrected chi connectivity index (χ2v) is 4.97. The van der Waals surface area contributed by atoms with Gasteiger partial charge in [-0.3, -0.25) is 0 Å². The van der Waals surface area contributed by atoms with Crippen molar-refractivity contribution in [1.29, 1.82) is 5.26 Å². The molecule has 0 bridgehead atoms. The van der Waals surface area contributed by atoms with E-state index in [0.717, 1.165) is 18.3 Å². The highest BCUT2D eigenvalue weighted by Crippen LogP contribution is 2.37. The minimum Gasteiger partial charge on any atom is -0.352 e. The van der Waals surface area contributed by atoms with E-state index in [1.807, 2.05) is 6.07 Å². The standard InChI is InChI=1S/C13H16N4/c14-7-11-8-16-13(9-15-11)17-6-5-10-3-1-2-4-12(10)17/h8-10,12H,1-6H2. The van der Waals surface area contributed by atoms with Crippen LogP contribution in [0.15, 0.2) is 12.4 Å². The minimum atomic E-state index is 0.396. The molecule has 1 aromatic rings. The lowest BCUT2D eigenvalue weighted by atomic mass is 9.85. The molecule has 0 amide bonds. The monoisotopic (exact) mass is 228 g/mol. The summed E-state index contributed by atoms with van der Waals surface area (Å²) in [6, 6.07) is 2.67. The molecule has 1 aliphatic carbocycles. The topological polar surface area (TPSA) is 52.8 Å². The number of hydrogen-bond acceptors (Lipinski definition) is 4. The third kappa shape index (κ3) is 1.86. The van der Waals surface area contributed by atoms with Gasteiger partial charge in [-0.15, -0.1) is 0 Å². The molecule has 0 spiro atoms. The first-order valence-electron chi connectivity index (χ1n) is 6.37. The van der Waals surface area contributed by atoms with Crippen LogP contribution in [-0.2, 0) is 0 Å². The van der Waals surface area contributed by atoms with Crippen LogP contribution >= 0.6 is 0 Å². The van der Waals surface area contributed by atoms with E-state index in [9.17, 15) is 0 Å². The predicted molar refractivity (Wildman–Crippen MR) is 64.5 cm³/mol. The Morgan fingerprint density at radius 2 is 2.06 bits per heavy atom. The van der Waals surface area contributed by atoms with Crippen molar-refractivity contribution >= 4 is 5.82 Å². The largest absolute Gasteiger partial charge is 0.352 e. The quantitative estimate of drug-likeness (QED) is 0.738. The lowest BCUT2D eigenvalue weighted by Crippen LogP contribution is -2.35. The zero-order valence-electron chi connectivity index (χ0n) is 9.84. The number of nitriles is 1. The molecule has 4 nitrogen and oxygen atoms in total. The average Bonchev–Trinajstić information content (AvgIpc) is 2.83. The van der Waals surface area contributed by atoms with Crippen LogP contribution in [0.5, 0.6) is 0 Å². The smallest absolute Gasteiger partial charge is 0.158 e. The Labute approximate surface area is 101 Å². The van der Waals surface area contributed by atoms with E-state index in [0.29, 0.717) is 11.7 Å². The normalized spacial score (nSPS) is 27.6. The Morgan fingerprint density at radius 1 is 1.18 bits per heavy atom. The third-order valence-electron chi connectivity index (χ3n) is 4.06. The minimum absolute atomic E-state index is 0.396. The maximum atomic E-state index is 8.72. The number of anilines is 1. The van der Waals surface area contributed by atoms with Gasteiger partial charge in [0.25, 0.3) is 0 Å². The van der Waals surface area contributed by atoms with Gasteiger partial charge in [0.2, 0.25) is 0 Å². The van der Waals surface area contributed by atoms with Crippen LogP contribution in [0, 0.1) is 17.2 Å². The van der Waals surface area contributed by atoms with E-state index in [1.54, 1.807) is 12.4 Å². The summed E-state index contributed by atoms with van der Waals surface area (Å²) in [6.45, 7) is 1.09. The number of nitrogens with zero attached hydrogens (tertiary/aromatic N) is 4. The van der Waals surface area contributed by atoms with Crippen molar-refractivity contribution in [2.45, 2.75) is 38.1 Å². The van der Waals surface area contributed by atoms with Gasteiger partial charge in [-0.2, -0.15) is 5.26 Å². The summed E-state index contributed by atoms with van der Waals surface area (Å²) in [7, 11) is 0. The number of aromatic nitrogens is 2. The average molecular weight is 228 g/mol. The van der Waals surface area contributed by atoms with Crippen LogP contribution < -0.4 is 4.90 Å². The van der Waals surface area contributed by atoms with Crippen LogP contribution in [0.2, 0.25) is 0 Å². The van der Waals surface area contributed by atoms with E-state index in [4.69, 9.17) is 5.26 Å². The Balaban J connectivity index is 1.81. The lowest BCUT2D eigenvalue weighted by molar-refractivity contribution is 0.341. The van der Waals surface area contributed by atoms with E-state index in [-0.39, 0.29) is 0 Å². The Bertz CT molecular complexity index is 434. The van der Waals surface area contributed by atoms with E-state index >= 15 is 0 Å². The highest BCUT2D eigenvalue weighted by atomic mass is 15.2. The van der Waals surface area contributed by atoms with Crippen molar-refractivity contribution in [3.8, 4) is 6.07 Å². The summed E-state index contributed by atoms with van der Waals surface area (Å²) < 4.78 is 0. The molecule has 2 atom stereocenters. The SMILES string of the molecule is N#Cc1cnc(N2CCC3CCCCC32)cn1. The highest BCUT2D eigenvalue weighted by Gasteiger charge is 2.36. The van der Waals surface area contributed by atoms with Crippen molar-refractivity contribution in [2.75, 3.05) is 11.4 Å². The van der Waals surface area contributed by atoms with Crippen LogP contribution in [0.4, 0.5) is 5.82 Å². The molecule has 2 unspecified atom stereocenters. The van der Waals surface area contributed by atoms with Crippen molar-refractivity contribution < 1.29 is 0 Å². The second kappa shape index (κ2) is 4.33. The Hall–Kier alpha value is -1.63. The summed E-state index contributed by atoms with van der Waals surface area (Å²) in [5.74, 6) is 1.79. The molecule has 2 heterocycles. The molecule has 0 radical (unpaired) electrons. The molecular formula is C13H16N4. The van der Waals surface area contributed by atoms with E-state index < -0.39 is 0 Å². The lowest BCUT2D eigenvalue weighted by Gasteiger charge is -2.32. The number of rotatable bonds is 1. The molecule has 1 aromatic heterocycles. The van der Waals surface area contributed by atoms with E-state index in [2.05, 4.69) is 14.9 Å². The van der Waals surface area contributed by atoms with Gasteiger partial charge >= 0.3 is 0 Å². The molecule has 2 fully saturated rings. The molecule has 0 aromatic carbocycles. The zero-order valence-corrected chi connectivity index (χ0v) is 9.84. The van der Waals surface area contributed by atoms with Gasteiger partial charge in [-0.05, 0) is 25.2 Å². The number of hydrogen-bond donors (Lipinski definition) is 0. The third-order valence-corrected chi connectivity index (χ3v) is 4.06. The first kappa shape index (κ1) is 10.5. The molecule has 1 aliphatic heterocycles. The fourth-order valence-corrected chi connectivity index (χ4v) is 3.22. The molecule has 2 aliphatic rings. The van der Waals surface area contributed by atoms with Crippen molar-refractivity contribution in [2.24, 2.45) is 5.92 Å². The van der Waals surface area contributed by atoms with Crippen LogP contribution in [0.25, 0.3) is 0 Å². The highest BCUT2D eigenvalue weighted by molar-refractivity contribution is 5.40. The number of fused-ring (bicyclic) bond motifs is 1. The molecular weight excluding hydrogens is 212 g/mol. The Morgan fingerprint density at radius 3 is 2.82 bits per heavy atom. The predicted octanol–water partition coefficient (Wildman–Crippen LogP) is 2.12. The zero-order chi connectivity index (χ0) is 11.7. The van der Waals surface area contributed by atoms with Gasteiger partial charge < -0.3 is 4.90 Å². The van der Waals surface area contributed by atoms with Gasteiger partial charge in [0.15, 0.2) is 5.69 Å². The summed E-state index contributed by atoms with van der Waals surface area (Å²) in [6.07, 6.45) is 9.97. The molecule has 1 saturated heterocycles. The summed E-state index contributed by atoms with van der Waals surface area (Å²) in [5, 5.41) is 8.72. The van der Waals surface area contributed by atoms with Crippen molar-refractivity contribution in [3.63, 3.8) is 0 Å². The molecule has 17 heavy (non-hydrogen) atoms. The fourth-order valence-electron chi connectivity index (χ4n) is 3.22. The van der Waals surface area contributed by atoms with Crippen LogP contribution in [0.1, 0.15) is 37.8 Å². The van der Waals surface area contributed by atoms with Gasteiger partial charge in [0, 0.05) is 12.6 Å². The molecule has 88 valence electrons. The van der Waals surface area contributed by atoms with Gasteiger partial charge in [0.1, 0.15) is 11.9 Å². The fraction of sp³-hybridized carbons (Fsp3) is 0.615. The van der Waals surface area contributed by atoms with Gasteiger partial charge in [-0.1, -0.05) is 12.8 Å². The maximum Gasteiger partial charge on any atom is 0.158 e. The molecule has 3 rings (SSSR count). The van der Waals surface area contributed by atoms with Crippen LogP contribution in [-0.4, -0.2) is 22.6 Å². The molecule has 4 heteroatoms. The van der Waals surface area contributed by atoms with Crippen molar-refractivity contribution in [1.82, 2.24) is 9.97 Å². The van der Waals surface area contributed by atoms with Crippen LogP contribution in [0.3, 0.4) is 0 Å². The second-order valence-electron chi connectivity index (χ2n) is 4.97. The van der Waals surface area contributed by atoms with Crippen molar-refractivity contribution in [3.05, 3.63) is 18.1 Å². The van der Waals surface area contributed by atoms with Gasteiger partial charge in [-0.25, -0.2) is 9.97 Å². The maximum absolute atomic E-state index is 8.72. The Kier molecular flexibility index (Phi) is 2.68. The first-order chi connectivity index (χ1) is 8.38. The summed E-state index contributed by atoms with van der Waals surface area (Å²) in [4.78, 5) is 10.9. The summed E-state index contributed by atoms with van der Waals surface area (Å²) in [5.41, 5.74) is 0.396. The van der Waals surface area contributed by atoms with Gasteiger partial charge in [0.05, 0.1) is 12.4 Å².